The third-order valence-electron chi connectivity index (χ3n) is 4.13. The highest BCUT2D eigenvalue weighted by atomic mass is 79.9. The van der Waals surface area contributed by atoms with Crippen molar-refractivity contribution in [3.05, 3.63) is 77.0 Å². The fourth-order valence-corrected chi connectivity index (χ4v) is 3.71. The first-order chi connectivity index (χ1) is 15.3. The Hall–Kier alpha value is -2.79. The molecule has 0 fully saturated rings. The number of rotatable bonds is 9. The van der Waals surface area contributed by atoms with Crippen LogP contribution in [0.15, 0.2) is 70.8 Å². The maximum Gasteiger partial charge on any atom is 0.418 e. The molecule has 0 radical (unpaired) electrons. The van der Waals surface area contributed by atoms with Gasteiger partial charge in [0.15, 0.2) is 11.0 Å². The summed E-state index contributed by atoms with van der Waals surface area (Å²) in [6, 6.07) is 12.1. The average Bonchev–Trinajstić information content (AvgIpc) is 3.13. The van der Waals surface area contributed by atoms with Crippen LogP contribution in [-0.4, -0.2) is 26.4 Å². The van der Waals surface area contributed by atoms with Crippen molar-refractivity contribution in [3.63, 3.8) is 0 Å². The number of hydrogen-bond donors (Lipinski definition) is 1. The number of nitrogens with zero attached hydrogens (tertiary/aromatic N) is 3. The smallest absolute Gasteiger partial charge is 0.418 e. The van der Waals surface area contributed by atoms with Crippen molar-refractivity contribution in [3.8, 4) is 5.75 Å². The molecular formula is C21H18BrF3N4O2S. The molecule has 0 atom stereocenters. The van der Waals surface area contributed by atoms with Crippen molar-refractivity contribution in [2.24, 2.45) is 0 Å². The van der Waals surface area contributed by atoms with Crippen LogP contribution < -0.4 is 10.1 Å². The largest absolute Gasteiger partial charge is 0.486 e. The molecule has 3 aromatic rings. The average molecular weight is 527 g/mol. The van der Waals surface area contributed by atoms with Gasteiger partial charge in [-0.3, -0.25) is 9.36 Å². The van der Waals surface area contributed by atoms with Gasteiger partial charge in [0.05, 0.1) is 17.0 Å². The fraction of sp³-hybridized carbons (Fsp3) is 0.190. The van der Waals surface area contributed by atoms with E-state index in [0.717, 1.165) is 22.3 Å². The number of para-hydroxylation sites is 1. The van der Waals surface area contributed by atoms with E-state index >= 15 is 0 Å². The molecular weight excluding hydrogens is 509 g/mol. The Morgan fingerprint density at radius 2 is 1.91 bits per heavy atom. The Morgan fingerprint density at radius 3 is 2.59 bits per heavy atom. The number of carbonyl (C=O) groups excluding carboxylic acids is 1. The summed E-state index contributed by atoms with van der Waals surface area (Å²) in [4.78, 5) is 12.3. The molecule has 32 heavy (non-hydrogen) atoms. The standard InChI is InChI=1S/C21H18BrF3N4O2S/c1-2-11-29-18(12-31-15-9-7-14(22)8-10-15)27-28-20(29)32-13-19(30)26-17-6-4-3-5-16(17)21(23,24)25/h2-10H,1,11-13H2,(H,26,30). The normalized spacial score (nSPS) is 11.2. The van der Waals surface area contributed by atoms with Crippen molar-refractivity contribution < 1.29 is 22.7 Å². The Labute approximate surface area is 195 Å². The zero-order valence-electron chi connectivity index (χ0n) is 16.6. The van der Waals surface area contributed by atoms with Crippen molar-refractivity contribution in [1.29, 1.82) is 0 Å². The van der Waals surface area contributed by atoms with E-state index in [2.05, 4.69) is 38.0 Å². The molecule has 168 valence electrons. The Balaban J connectivity index is 1.64. The van der Waals surface area contributed by atoms with Crippen molar-refractivity contribution in [2.45, 2.75) is 24.5 Å². The van der Waals surface area contributed by atoms with E-state index in [-0.39, 0.29) is 18.0 Å². The van der Waals surface area contributed by atoms with Crippen LogP contribution in [-0.2, 0) is 24.1 Å². The van der Waals surface area contributed by atoms with E-state index in [9.17, 15) is 18.0 Å². The Morgan fingerprint density at radius 1 is 1.19 bits per heavy atom. The summed E-state index contributed by atoms with van der Waals surface area (Å²) < 4.78 is 47.7. The van der Waals surface area contributed by atoms with Crippen LogP contribution in [0.4, 0.5) is 18.9 Å². The molecule has 6 nitrogen and oxygen atoms in total. The van der Waals surface area contributed by atoms with Crippen LogP contribution in [0.2, 0.25) is 0 Å². The number of anilines is 1. The molecule has 3 rings (SSSR count). The van der Waals surface area contributed by atoms with Gasteiger partial charge in [-0.25, -0.2) is 0 Å². The maximum atomic E-state index is 13.1. The van der Waals surface area contributed by atoms with Gasteiger partial charge in [0.2, 0.25) is 5.91 Å². The molecule has 1 aromatic heterocycles. The van der Waals surface area contributed by atoms with Crippen molar-refractivity contribution in [2.75, 3.05) is 11.1 Å². The lowest BCUT2D eigenvalue weighted by molar-refractivity contribution is -0.137. The Kier molecular flexibility index (Phi) is 7.97. The predicted molar refractivity (Wildman–Crippen MR) is 119 cm³/mol. The second-order valence-corrected chi connectivity index (χ2v) is 8.28. The van der Waals surface area contributed by atoms with E-state index in [4.69, 9.17) is 4.74 Å². The van der Waals surface area contributed by atoms with Crippen LogP contribution in [0.3, 0.4) is 0 Å². The van der Waals surface area contributed by atoms with Gasteiger partial charge in [0.1, 0.15) is 12.4 Å². The zero-order valence-corrected chi connectivity index (χ0v) is 19.0. The van der Waals surface area contributed by atoms with Gasteiger partial charge in [-0.05, 0) is 36.4 Å². The summed E-state index contributed by atoms with van der Waals surface area (Å²) in [5, 5.41) is 10.9. The van der Waals surface area contributed by atoms with Gasteiger partial charge in [-0.15, -0.1) is 16.8 Å². The molecule has 0 saturated heterocycles. The number of benzene rings is 2. The van der Waals surface area contributed by atoms with Gasteiger partial charge >= 0.3 is 6.18 Å². The van der Waals surface area contributed by atoms with Gasteiger partial charge in [0.25, 0.3) is 0 Å². The number of amides is 1. The predicted octanol–water partition coefficient (Wildman–Crippen LogP) is 5.56. The highest BCUT2D eigenvalue weighted by Crippen LogP contribution is 2.34. The highest BCUT2D eigenvalue weighted by Gasteiger charge is 2.33. The second kappa shape index (κ2) is 10.7. The number of alkyl halides is 3. The number of aromatic nitrogens is 3. The molecule has 1 amide bonds. The van der Waals surface area contributed by atoms with E-state index in [0.29, 0.717) is 23.3 Å². The van der Waals surface area contributed by atoms with Crippen LogP contribution in [0.1, 0.15) is 11.4 Å². The quantitative estimate of drug-likeness (QED) is 0.292. The maximum absolute atomic E-state index is 13.1. The number of thioether (sulfide) groups is 1. The van der Waals surface area contributed by atoms with E-state index in [1.165, 1.54) is 18.2 Å². The topological polar surface area (TPSA) is 69.0 Å². The summed E-state index contributed by atoms with van der Waals surface area (Å²) in [5.41, 5.74) is -1.19. The summed E-state index contributed by atoms with van der Waals surface area (Å²) in [5.74, 6) is 0.443. The number of halogens is 4. The summed E-state index contributed by atoms with van der Waals surface area (Å²) >= 11 is 4.41. The summed E-state index contributed by atoms with van der Waals surface area (Å²) in [7, 11) is 0. The molecule has 2 aromatic carbocycles. The number of nitrogens with one attached hydrogen (secondary N) is 1. The molecule has 0 bridgehead atoms. The Bertz CT molecular complexity index is 1090. The van der Waals surface area contributed by atoms with Crippen LogP contribution in [0.5, 0.6) is 5.75 Å². The monoisotopic (exact) mass is 526 g/mol. The first-order valence-corrected chi connectivity index (χ1v) is 11.1. The second-order valence-electron chi connectivity index (χ2n) is 6.42. The summed E-state index contributed by atoms with van der Waals surface area (Å²) in [6.07, 6.45) is -2.92. The lowest BCUT2D eigenvalue weighted by Crippen LogP contribution is -2.18. The molecule has 0 spiro atoms. The fourth-order valence-electron chi connectivity index (χ4n) is 2.68. The first kappa shape index (κ1) is 23.9. The van der Waals surface area contributed by atoms with Crippen LogP contribution in [0.25, 0.3) is 0 Å². The van der Waals surface area contributed by atoms with Gasteiger partial charge in [0, 0.05) is 11.0 Å². The van der Waals surface area contributed by atoms with Crippen LogP contribution in [0, 0.1) is 0 Å². The molecule has 0 aliphatic rings. The SMILES string of the molecule is C=CCn1c(COc2ccc(Br)cc2)nnc1SCC(=O)Nc1ccccc1C(F)(F)F. The van der Waals surface area contributed by atoms with Gasteiger partial charge in [-0.2, -0.15) is 13.2 Å². The minimum atomic E-state index is -4.56. The van der Waals surface area contributed by atoms with Crippen molar-refractivity contribution >= 4 is 39.3 Å². The number of hydrogen-bond acceptors (Lipinski definition) is 5. The lowest BCUT2D eigenvalue weighted by Gasteiger charge is -2.13. The third-order valence-corrected chi connectivity index (χ3v) is 5.62. The molecule has 1 N–H and O–H groups in total. The lowest BCUT2D eigenvalue weighted by atomic mass is 10.1. The number of allylic oxidation sites excluding steroid dienone is 1. The molecule has 1 heterocycles. The minimum absolute atomic E-state index is 0.144. The van der Waals surface area contributed by atoms with Crippen LogP contribution >= 0.6 is 27.7 Å². The van der Waals surface area contributed by atoms with Crippen molar-refractivity contribution in [1.82, 2.24) is 14.8 Å². The zero-order chi connectivity index (χ0) is 23.1. The molecule has 0 aliphatic carbocycles. The van der Waals surface area contributed by atoms with E-state index < -0.39 is 17.6 Å². The highest BCUT2D eigenvalue weighted by molar-refractivity contribution is 9.10. The molecule has 11 heteroatoms. The number of ether oxygens (including phenoxy) is 1. The molecule has 0 saturated carbocycles. The summed E-state index contributed by atoms with van der Waals surface area (Å²) in [6.45, 7) is 4.24. The first-order valence-electron chi connectivity index (χ1n) is 9.28. The third kappa shape index (κ3) is 6.36. The molecule has 0 aliphatic heterocycles. The van der Waals surface area contributed by atoms with E-state index in [1.807, 2.05) is 12.1 Å². The van der Waals surface area contributed by atoms with Gasteiger partial charge in [-0.1, -0.05) is 45.9 Å². The van der Waals surface area contributed by atoms with Gasteiger partial charge < -0.3 is 10.1 Å². The molecule has 0 unspecified atom stereocenters. The van der Waals surface area contributed by atoms with E-state index in [1.54, 1.807) is 22.8 Å². The minimum Gasteiger partial charge on any atom is -0.486 e. The number of carbonyl (C=O) groups is 1.